The number of benzene rings is 1. The molecular weight excluding hydrogens is 216 g/mol. The van der Waals surface area contributed by atoms with Gasteiger partial charge in [0.05, 0.1) is 10.8 Å². The molecule has 0 aliphatic rings. The van der Waals surface area contributed by atoms with Gasteiger partial charge in [-0.05, 0) is 18.6 Å². The van der Waals surface area contributed by atoms with Crippen LogP contribution in [0.3, 0.4) is 0 Å². The standard InChI is InChI=1S/C14H22OS/c1-3-4-5-7-10-13(2)16(15)14-11-8-6-9-12-14/h6,8-9,11-13H,3-5,7,10H2,1-2H3/t13-,16+/m1/s1. The fourth-order valence-electron chi connectivity index (χ4n) is 1.75. The molecule has 0 spiro atoms. The molecule has 90 valence electrons. The van der Waals surface area contributed by atoms with Gasteiger partial charge in [-0.15, -0.1) is 0 Å². The molecule has 0 radical (unpaired) electrons. The minimum absolute atomic E-state index is 0.277. The van der Waals surface area contributed by atoms with Crippen LogP contribution in [0.4, 0.5) is 0 Å². The van der Waals surface area contributed by atoms with E-state index in [1.54, 1.807) is 0 Å². The van der Waals surface area contributed by atoms with E-state index < -0.39 is 10.8 Å². The summed E-state index contributed by atoms with van der Waals surface area (Å²) < 4.78 is 12.1. The Morgan fingerprint density at radius 3 is 2.44 bits per heavy atom. The molecule has 0 fully saturated rings. The second-order valence-electron chi connectivity index (χ2n) is 4.27. The van der Waals surface area contributed by atoms with E-state index in [4.69, 9.17) is 0 Å². The molecule has 0 N–H and O–H groups in total. The molecule has 1 aromatic rings. The number of rotatable bonds is 7. The lowest BCUT2D eigenvalue weighted by Crippen LogP contribution is -2.10. The fourth-order valence-corrected chi connectivity index (χ4v) is 3.02. The first-order chi connectivity index (χ1) is 7.75. The van der Waals surface area contributed by atoms with Crippen molar-refractivity contribution < 1.29 is 4.21 Å². The van der Waals surface area contributed by atoms with Crippen LogP contribution in [0.5, 0.6) is 0 Å². The van der Waals surface area contributed by atoms with Gasteiger partial charge in [0.25, 0.3) is 0 Å². The van der Waals surface area contributed by atoms with Crippen molar-refractivity contribution in [3.05, 3.63) is 30.3 Å². The van der Waals surface area contributed by atoms with Crippen LogP contribution >= 0.6 is 0 Å². The lowest BCUT2D eigenvalue weighted by molar-refractivity contribution is 0.614. The highest BCUT2D eigenvalue weighted by molar-refractivity contribution is 7.85. The van der Waals surface area contributed by atoms with Crippen molar-refractivity contribution >= 4 is 10.8 Å². The van der Waals surface area contributed by atoms with Crippen LogP contribution < -0.4 is 0 Å². The third kappa shape index (κ3) is 4.48. The third-order valence-corrected chi connectivity index (χ3v) is 4.51. The van der Waals surface area contributed by atoms with Gasteiger partial charge < -0.3 is 0 Å². The third-order valence-electron chi connectivity index (χ3n) is 2.81. The molecule has 0 aliphatic carbocycles. The summed E-state index contributed by atoms with van der Waals surface area (Å²) in [6, 6.07) is 9.79. The summed E-state index contributed by atoms with van der Waals surface area (Å²) in [5, 5.41) is 0.277. The monoisotopic (exact) mass is 238 g/mol. The Morgan fingerprint density at radius 1 is 1.12 bits per heavy atom. The van der Waals surface area contributed by atoms with Gasteiger partial charge in [-0.1, -0.05) is 57.7 Å². The molecule has 1 rings (SSSR count). The van der Waals surface area contributed by atoms with Gasteiger partial charge in [0.2, 0.25) is 0 Å². The zero-order valence-corrected chi connectivity index (χ0v) is 11.1. The van der Waals surface area contributed by atoms with Crippen molar-refractivity contribution in [2.75, 3.05) is 0 Å². The summed E-state index contributed by atoms with van der Waals surface area (Å²) in [4.78, 5) is 0.963. The summed E-state index contributed by atoms with van der Waals surface area (Å²) in [5.74, 6) is 0. The molecule has 1 aromatic carbocycles. The smallest absolute Gasteiger partial charge is 0.0557 e. The summed E-state index contributed by atoms with van der Waals surface area (Å²) in [6.45, 7) is 4.31. The predicted octanol–water partition coefficient (Wildman–Crippen LogP) is 4.15. The Bertz CT molecular complexity index is 308. The zero-order chi connectivity index (χ0) is 11.8. The number of unbranched alkanes of at least 4 members (excludes halogenated alkanes) is 3. The predicted molar refractivity (Wildman–Crippen MR) is 71.1 cm³/mol. The Balaban J connectivity index is 2.37. The molecule has 0 aliphatic heterocycles. The first-order valence-electron chi connectivity index (χ1n) is 6.21. The van der Waals surface area contributed by atoms with Crippen LogP contribution in [0.15, 0.2) is 35.2 Å². The molecule has 0 amide bonds. The van der Waals surface area contributed by atoms with Gasteiger partial charge in [-0.2, -0.15) is 0 Å². The first kappa shape index (κ1) is 13.4. The maximum atomic E-state index is 12.1. The van der Waals surface area contributed by atoms with Crippen molar-refractivity contribution in [3.63, 3.8) is 0 Å². The van der Waals surface area contributed by atoms with E-state index in [1.807, 2.05) is 30.3 Å². The Kier molecular flexibility index (Phi) is 6.39. The van der Waals surface area contributed by atoms with Gasteiger partial charge in [0.1, 0.15) is 0 Å². The molecule has 0 bridgehead atoms. The fraction of sp³-hybridized carbons (Fsp3) is 0.571. The van der Waals surface area contributed by atoms with Crippen molar-refractivity contribution in [2.45, 2.75) is 56.1 Å². The highest BCUT2D eigenvalue weighted by Crippen LogP contribution is 2.16. The van der Waals surface area contributed by atoms with Gasteiger partial charge >= 0.3 is 0 Å². The van der Waals surface area contributed by atoms with E-state index in [9.17, 15) is 4.21 Å². The largest absolute Gasteiger partial charge is 0.254 e. The first-order valence-corrected chi connectivity index (χ1v) is 7.42. The topological polar surface area (TPSA) is 17.1 Å². The van der Waals surface area contributed by atoms with E-state index in [2.05, 4.69) is 13.8 Å². The Labute approximate surface area is 102 Å². The highest BCUT2D eigenvalue weighted by Gasteiger charge is 2.12. The summed E-state index contributed by atoms with van der Waals surface area (Å²) in [6.07, 6.45) is 6.10. The molecule has 1 nitrogen and oxygen atoms in total. The van der Waals surface area contributed by atoms with Crippen LogP contribution in [-0.4, -0.2) is 9.46 Å². The van der Waals surface area contributed by atoms with Gasteiger partial charge in [0.15, 0.2) is 0 Å². The van der Waals surface area contributed by atoms with Gasteiger partial charge in [0, 0.05) is 10.1 Å². The van der Waals surface area contributed by atoms with Crippen molar-refractivity contribution in [2.24, 2.45) is 0 Å². The minimum Gasteiger partial charge on any atom is -0.254 e. The molecular formula is C14H22OS. The summed E-state index contributed by atoms with van der Waals surface area (Å²) in [5.41, 5.74) is 0. The van der Waals surface area contributed by atoms with Gasteiger partial charge in [-0.25, -0.2) is 0 Å². The lowest BCUT2D eigenvalue weighted by atomic mass is 10.1. The Hall–Kier alpha value is -0.630. The SMILES string of the molecule is CCCCCC[C@@H](C)[S@](=O)c1ccccc1. The second kappa shape index (κ2) is 7.61. The molecule has 0 saturated heterocycles. The second-order valence-corrected chi connectivity index (χ2v) is 6.14. The number of hydrogen-bond acceptors (Lipinski definition) is 1. The molecule has 0 unspecified atom stereocenters. The van der Waals surface area contributed by atoms with Crippen LogP contribution in [0.1, 0.15) is 46.0 Å². The maximum Gasteiger partial charge on any atom is 0.0557 e. The highest BCUT2D eigenvalue weighted by atomic mass is 32.2. The molecule has 2 atom stereocenters. The zero-order valence-electron chi connectivity index (χ0n) is 10.3. The normalized spacial score (nSPS) is 14.6. The maximum absolute atomic E-state index is 12.1. The lowest BCUT2D eigenvalue weighted by Gasteiger charge is -2.10. The molecule has 2 heteroatoms. The van der Waals surface area contributed by atoms with E-state index in [-0.39, 0.29) is 5.25 Å². The molecule has 0 saturated carbocycles. The van der Waals surface area contributed by atoms with Crippen molar-refractivity contribution in [1.29, 1.82) is 0 Å². The van der Waals surface area contributed by atoms with Crippen LogP contribution in [0, 0.1) is 0 Å². The quantitative estimate of drug-likeness (QED) is 0.652. The average molecular weight is 238 g/mol. The van der Waals surface area contributed by atoms with Crippen molar-refractivity contribution in [3.8, 4) is 0 Å². The molecule has 0 aromatic heterocycles. The molecule has 16 heavy (non-hydrogen) atoms. The van der Waals surface area contributed by atoms with E-state index in [1.165, 1.54) is 25.7 Å². The van der Waals surface area contributed by atoms with Crippen LogP contribution in [0.2, 0.25) is 0 Å². The summed E-state index contributed by atoms with van der Waals surface area (Å²) in [7, 11) is -0.834. The minimum atomic E-state index is -0.834. The number of hydrogen-bond donors (Lipinski definition) is 0. The van der Waals surface area contributed by atoms with Crippen molar-refractivity contribution in [1.82, 2.24) is 0 Å². The van der Waals surface area contributed by atoms with Crippen LogP contribution in [-0.2, 0) is 10.8 Å². The average Bonchev–Trinajstić information content (AvgIpc) is 2.34. The molecule has 0 heterocycles. The van der Waals surface area contributed by atoms with Gasteiger partial charge in [-0.3, -0.25) is 4.21 Å². The summed E-state index contributed by atoms with van der Waals surface area (Å²) >= 11 is 0. The van der Waals surface area contributed by atoms with E-state index in [0.29, 0.717) is 0 Å². The van der Waals surface area contributed by atoms with E-state index in [0.717, 1.165) is 11.3 Å². The van der Waals surface area contributed by atoms with Crippen LogP contribution in [0.25, 0.3) is 0 Å². The Morgan fingerprint density at radius 2 is 1.81 bits per heavy atom. The van der Waals surface area contributed by atoms with E-state index >= 15 is 0 Å².